The highest BCUT2D eigenvalue weighted by Gasteiger charge is 2.21. The van der Waals surface area contributed by atoms with Crippen LogP contribution in [0.15, 0.2) is 18.2 Å². The minimum absolute atomic E-state index is 0.227. The molecule has 1 aliphatic heterocycles. The van der Waals surface area contributed by atoms with Crippen molar-refractivity contribution >= 4 is 17.4 Å². The van der Waals surface area contributed by atoms with E-state index in [0.29, 0.717) is 16.5 Å². The van der Waals surface area contributed by atoms with Crippen LogP contribution in [0.2, 0.25) is 0 Å². The van der Waals surface area contributed by atoms with Crippen LogP contribution in [-0.4, -0.2) is 29.2 Å². The van der Waals surface area contributed by atoms with Gasteiger partial charge in [-0.3, -0.25) is 0 Å². The van der Waals surface area contributed by atoms with Crippen molar-refractivity contribution in [3.63, 3.8) is 0 Å². The third kappa shape index (κ3) is 2.98. The van der Waals surface area contributed by atoms with E-state index in [4.69, 9.17) is 0 Å². The number of nitrogens with zero attached hydrogens (tertiary/aromatic N) is 1. The topological polar surface area (TPSA) is 23.5 Å². The van der Waals surface area contributed by atoms with Crippen LogP contribution in [0.3, 0.4) is 0 Å². The molecule has 1 heterocycles. The average molecular weight is 269 g/mol. The molecule has 0 aliphatic carbocycles. The first-order valence-electron chi connectivity index (χ1n) is 6.46. The normalized spacial score (nSPS) is 22.0. The summed E-state index contributed by atoms with van der Waals surface area (Å²) in [6.07, 6.45) is 0.503. The zero-order valence-corrected chi connectivity index (χ0v) is 11.7. The molecule has 0 saturated carbocycles. The molecule has 1 aromatic rings. The van der Waals surface area contributed by atoms with Crippen molar-refractivity contribution in [2.24, 2.45) is 0 Å². The molecule has 2 nitrogen and oxygen atoms in total. The maximum absolute atomic E-state index is 14.1. The van der Waals surface area contributed by atoms with E-state index in [1.54, 1.807) is 13.0 Å². The number of aliphatic hydroxyl groups excluding tert-OH is 1. The summed E-state index contributed by atoms with van der Waals surface area (Å²) in [4.78, 5) is 2.12. The highest BCUT2D eigenvalue weighted by molar-refractivity contribution is 8.00. The molecule has 0 spiro atoms. The maximum Gasteiger partial charge on any atom is 0.146 e. The second-order valence-electron chi connectivity index (χ2n) is 4.73. The number of rotatable bonds is 3. The molecule has 1 fully saturated rings. The Morgan fingerprint density at radius 1 is 1.56 bits per heavy atom. The molecule has 100 valence electrons. The van der Waals surface area contributed by atoms with Gasteiger partial charge in [-0.15, -0.1) is 0 Å². The first-order valence-corrected chi connectivity index (χ1v) is 7.50. The Morgan fingerprint density at radius 3 is 2.94 bits per heavy atom. The van der Waals surface area contributed by atoms with Crippen molar-refractivity contribution < 1.29 is 9.50 Å². The van der Waals surface area contributed by atoms with Crippen LogP contribution in [-0.2, 0) is 0 Å². The Kier molecular flexibility index (Phi) is 4.51. The lowest BCUT2D eigenvalue weighted by molar-refractivity contribution is 0.199. The largest absolute Gasteiger partial charge is 0.389 e. The van der Waals surface area contributed by atoms with E-state index in [1.165, 1.54) is 6.07 Å². The van der Waals surface area contributed by atoms with Gasteiger partial charge >= 0.3 is 0 Å². The monoisotopic (exact) mass is 269 g/mol. The van der Waals surface area contributed by atoms with Gasteiger partial charge < -0.3 is 10.0 Å². The third-order valence-corrected chi connectivity index (χ3v) is 4.76. The van der Waals surface area contributed by atoms with Gasteiger partial charge in [0.1, 0.15) is 5.82 Å². The van der Waals surface area contributed by atoms with Crippen molar-refractivity contribution in [2.45, 2.75) is 31.6 Å². The molecule has 1 aliphatic rings. The van der Waals surface area contributed by atoms with E-state index >= 15 is 0 Å². The number of anilines is 1. The lowest BCUT2D eigenvalue weighted by Gasteiger charge is -2.34. The number of aliphatic hydroxyl groups is 1. The molecule has 0 bridgehead atoms. The Morgan fingerprint density at radius 2 is 2.33 bits per heavy atom. The predicted octanol–water partition coefficient (Wildman–Crippen LogP) is 3.21. The van der Waals surface area contributed by atoms with Gasteiger partial charge in [0.05, 0.1) is 11.8 Å². The van der Waals surface area contributed by atoms with E-state index in [0.717, 1.165) is 25.3 Å². The van der Waals surface area contributed by atoms with Crippen LogP contribution in [0.25, 0.3) is 0 Å². The highest BCUT2D eigenvalue weighted by atomic mass is 32.2. The summed E-state index contributed by atoms with van der Waals surface area (Å²) in [5.41, 5.74) is 1.30. The van der Waals surface area contributed by atoms with Gasteiger partial charge in [0.15, 0.2) is 0 Å². The van der Waals surface area contributed by atoms with Gasteiger partial charge in [-0.1, -0.05) is 13.0 Å². The summed E-state index contributed by atoms with van der Waals surface area (Å²) >= 11 is 1.97. The second-order valence-corrected chi connectivity index (χ2v) is 6.14. The zero-order valence-electron chi connectivity index (χ0n) is 10.9. The van der Waals surface area contributed by atoms with Crippen molar-refractivity contribution in [3.8, 4) is 0 Å². The summed E-state index contributed by atoms with van der Waals surface area (Å²) in [6, 6.07) is 5.05. The Hall–Kier alpha value is -0.740. The fourth-order valence-corrected chi connectivity index (χ4v) is 3.40. The van der Waals surface area contributed by atoms with E-state index < -0.39 is 6.10 Å². The minimum Gasteiger partial charge on any atom is -0.389 e. The molecule has 1 aromatic carbocycles. The molecule has 0 radical (unpaired) electrons. The molecular formula is C14H20FNOS. The zero-order chi connectivity index (χ0) is 13.1. The quantitative estimate of drug-likeness (QED) is 0.911. The molecule has 1 unspecified atom stereocenters. The lowest BCUT2D eigenvalue weighted by atomic mass is 10.1. The molecule has 0 amide bonds. The number of halogens is 1. The van der Waals surface area contributed by atoms with Crippen molar-refractivity contribution in [2.75, 3.05) is 23.7 Å². The molecule has 2 atom stereocenters. The van der Waals surface area contributed by atoms with Crippen LogP contribution in [0.1, 0.15) is 31.9 Å². The van der Waals surface area contributed by atoms with Gasteiger partial charge in [0, 0.05) is 24.1 Å². The molecule has 0 aromatic heterocycles. The maximum atomic E-state index is 14.1. The molecule has 4 heteroatoms. The van der Waals surface area contributed by atoms with E-state index in [-0.39, 0.29) is 5.82 Å². The summed E-state index contributed by atoms with van der Waals surface area (Å²) in [7, 11) is 0. The summed E-state index contributed by atoms with van der Waals surface area (Å²) in [5.74, 6) is 0.825. The van der Waals surface area contributed by atoms with Crippen molar-refractivity contribution in [1.29, 1.82) is 0 Å². The van der Waals surface area contributed by atoms with E-state index in [2.05, 4.69) is 11.8 Å². The van der Waals surface area contributed by atoms with Gasteiger partial charge in [-0.2, -0.15) is 11.8 Å². The van der Waals surface area contributed by atoms with Gasteiger partial charge in [0.2, 0.25) is 0 Å². The Labute approximate surface area is 112 Å². The number of thioether (sulfide) groups is 1. The first kappa shape index (κ1) is 13.7. The molecule has 1 N–H and O–H groups in total. The van der Waals surface area contributed by atoms with Crippen LogP contribution < -0.4 is 4.90 Å². The standard InChI is InChI=1S/C14H20FNOS/c1-3-12-9-16(6-7-18-12)14-5-4-11(10(2)17)8-13(14)15/h4-5,8,10,12,17H,3,6-7,9H2,1-2H3/t10-,12?/m0/s1. The summed E-state index contributed by atoms with van der Waals surface area (Å²) in [6.45, 7) is 5.63. The number of hydrogen-bond acceptors (Lipinski definition) is 3. The second kappa shape index (κ2) is 5.93. The van der Waals surface area contributed by atoms with Crippen molar-refractivity contribution in [3.05, 3.63) is 29.6 Å². The van der Waals surface area contributed by atoms with Crippen LogP contribution >= 0.6 is 11.8 Å². The predicted molar refractivity (Wildman–Crippen MR) is 75.8 cm³/mol. The third-order valence-electron chi connectivity index (χ3n) is 3.39. The lowest BCUT2D eigenvalue weighted by Crippen LogP contribution is -2.38. The molecule has 18 heavy (non-hydrogen) atoms. The van der Waals surface area contributed by atoms with Gasteiger partial charge in [-0.05, 0) is 31.0 Å². The first-order chi connectivity index (χ1) is 8.61. The Bertz CT molecular complexity index is 411. The van der Waals surface area contributed by atoms with Crippen LogP contribution in [0.4, 0.5) is 10.1 Å². The highest BCUT2D eigenvalue weighted by Crippen LogP contribution is 2.29. The van der Waals surface area contributed by atoms with Crippen LogP contribution in [0.5, 0.6) is 0 Å². The van der Waals surface area contributed by atoms with E-state index in [9.17, 15) is 9.50 Å². The molecule has 2 rings (SSSR count). The van der Waals surface area contributed by atoms with Gasteiger partial charge in [-0.25, -0.2) is 4.39 Å². The minimum atomic E-state index is -0.617. The Balaban J connectivity index is 2.17. The van der Waals surface area contributed by atoms with Crippen LogP contribution in [0, 0.1) is 5.82 Å². The molecular weight excluding hydrogens is 249 g/mol. The molecule has 1 saturated heterocycles. The van der Waals surface area contributed by atoms with Crippen molar-refractivity contribution in [1.82, 2.24) is 0 Å². The van der Waals surface area contributed by atoms with Gasteiger partial charge in [0.25, 0.3) is 0 Å². The smallest absolute Gasteiger partial charge is 0.146 e. The average Bonchev–Trinajstić information content (AvgIpc) is 2.38. The summed E-state index contributed by atoms with van der Waals surface area (Å²) in [5, 5.41) is 10.0. The fraction of sp³-hybridized carbons (Fsp3) is 0.571. The fourth-order valence-electron chi connectivity index (χ4n) is 2.22. The summed E-state index contributed by atoms with van der Waals surface area (Å²) < 4.78 is 14.1. The SMILES string of the molecule is CCC1CN(c2ccc([C@H](C)O)cc2F)CCS1. The van der Waals surface area contributed by atoms with E-state index in [1.807, 2.05) is 17.8 Å². The number of hydrogen-bond donors (Lipinski definition) is 1. The number of benzene rings is 1.